The molecule has 1 aromatic rings. The molecule has 1 aliphatic heterocycles. The number of amides is 7. The van der Waals surface area contributed by atoms with Crippen molar-refractivity contribution in [1.29, 1.82) is 0 Å². The maximum absolute atomic E-state index is 12.9. The van der Waals surface area contributed by atoms with Crippen LogP contribution in [-0.2, 0) is 35.2 Å². The average molecular weight is 665 g/mol. The zero-order valence-electron chi connectivity index (χ0n) is 30.8. The number of imide groups is 1. The lowest BCUT2D eigenvalue weighted by atomic mass is 10.0. The molecule has 0 bridgehead atoms. The van der Waals surface area contributed by atoms with E-state index >= 15 is 0 Å². The zero-order chi connectivity index (χ0) is 37.5. The van der Waals surface area contributed by atoms with E-state index in [1.54, 1.807) is 0 Å². The highest BCUT2D eigenvalue weighted by molar-refractivity contribution is 6.28. The van der Waals surface area contributed by atoms with Crippen LogP contribution in [0.25, 0.3) is 0 Å². The summed E-state index contributed by atoms with van der Waals surface area (Å²) >= 11 is 0. The van der Waals surface area contributed by atoms with Crippen molar-refractivity contribution in [3.63, 3.8) is 0 Å². The monoisotopic (exact) mass is 664 g/mol. The second kappa shape index (κ2) is 31.4. The number of carbonyl (C=O) groups is 7. The molecule has 0 saturated carbocycles. The number of anilines is 1. The van der Waals surface area contributed by atoms with Crippen molar-refractivity contribution in [2.45, 2.75) is 101 Å². The zero-order valence-corrected chi connectivity index (χ0v) is 30.8. The van der Waals surface area contributed by atoms with Gasteiger partial charge < -0.3 is 26.6 Å². The predicted octanol–water partition coefficient (Wildman–Crippen LogP) is 3.41. The Balaban J connectivity index is -0.000000841. The molecule has 1 atom stereocenters. The number of hydrogen-bond donors (Lipinski definition) is 5. The van der Waals surface area contributed by atoms with Crippen molar-refractivity contribution in [2.75, 3.05) is 32.6 Å². The molecule has 0 saturated heterocycles. The molecule has 5 N–H and O–H groups in total. The Bertz CT molecular complexity index is 1120. The molecule has 13 nitrogen and oxygen atoms in total. The third kappa shape index (κ3) is 18.9. The molecular weight excluding hydrogens is 604 g/mol. The van der Waals surface area contributed by atoms with Crippen molar-refractivity contribution in [2.24, 2.45) is 0 Å². The van der Waals surface area contributed by atoms with Crippen molar-refractivity contribution in [1.82, 2.24) is 26.6 Å². The van der Waals surface area contributed by atoms with Gasteiger partial charge in [0.15, 0.2) is 0 Å². The van der Waals surface area contributed by atoms with Gasteiger partial charge in [0.25, 0.3) is 17.7 Å². The molecule has 1 unspecified atom stereocenters. The normalized spacial score (nSPS) is 11.0. The second-order valence-electron chi connectivity index (χ2n) is 7.99. The first-order valence-electron chi connectivity index (χ1n) is 16.5. The number of benzene rings is 1. The average Bonchev–Trinajstić information content (AvgIpc) is 3.48. The number of likely N-dealkylation sites (N-methyl/N-ethyl adjacent to an activating group) is 1. The Labute approximate surface area is 282 Å². The Morgan fingerprint density at radius 3 is 1.64 bits per heavy atom. The van der Waals surface area contributed by atoms with Gasteiger partial charge in [-0.3, -0.25) is 33.6 Å². The van der Waals surface area contributed by atoms with E-state index < -0.39 is 42.1 Å². The number of rotatable bonds is 12. The molecule has 47 heavy (non-hydrogen) atoms. The minimum Gasteiger partial charge on any atom is -0.359 e. The maximum Gasteiger partial charge on any atom is 0.258 e. The van der Waals surface area contributed by atoms with E-state index in [0.29, 0.717) is 5.56 Å². The van der Waals surface area contributed by atoms with E-state index in [-0.39, 0.29) is 48.7 Å². The fourth-order valence-electron chi connectivity index (χ4n) is 3.52. The molecule has 0 fully saturated rings. The highest BCUT2D eigenvalue weighted by atomic mass is 16.2. The fourth-order valence-corrected chi connectivity index (χ4v) is 3.52. The van der Waals surface area contributed by atoms with Gasteiger partial charge in [-0.15, -0.1) is 0 Å². The molecule has 0 spiro atoms. The third-order valence-corrected chi connectivity index (χ3v) is 5.55. The highest BCUT2D eigenvalue weighted by Crippen LogP contribution is 2.24. The molecule has 0 radical (unpaired) electrons. The maximum atomic E-state index is 12.9. The van der Waals surface area contributed by atoms with Gasteiger partial charge in [-0.05, 0) is 36.6 Å². The third-order valence-electron chi connectivity index (χ3n) is 5.55. The number of hydrogen-bond acceptors (Lipinski definition) is 7. The van der Waals surface area contributed by atoms with Crippen LogP contribution < -0.4 is 31.5 Å². The van der Waals surface area contributed by atoms with Gasteiger partial charge in [0, 0.05) is 51.7 Å². The van der Waals surface area contributed by atoms with Gasteiger partial charge in [-0.25, -0.2) is 4.90 Å². The van der Waals surface area contributed by atoms with Crippen molar-refractivity contribution < 1.29 is 33.6 Å². The van der Waals surface area contributed by atoms with Crippen LogP contribution in [0, 0.1) is 0 Å². The second-order valence-corrected chi connectivity index (χ2v) is 7.99. The van der Waals surface area contributed by atoms with Crippen molar-refractivity contribution >= 4 is 47.0 Å². The van der Waals surface area contributed by atoms with E-state index in [9.17, 15) is 33.6 Å². The fraction of sp³-hybridized carbons (Fsp3) is 0.559. The molecule has 268 valence electrons. The highest BCUT2D eigenvalue weighted by Gasteiger charge is 2.27. The molecular formula is C34H60N6O7. The number of carbonyl (C=O) groups excluding carboxylic acids is 7. The summed E-state index contributed by atoms with van der Waals surface area (Å²) in [6.07, 6.45) is 2.51. The molecule has 1 heterocycles. The van der Waals surface area contributed by atoms with Crippen LogP contribution in [0.4, 0.5) is 5.69 Å². The molecule has 13 heteroatoms. The first kappa shape index (κ1) is 49.3. The van der Waals surface area contributed by atoms with Crippen molar-refractivity contribution in [3.05, 3.63) is 41.5 Å². The summed E-state index contributed by atoms with van der Waals surface area (Å²) in [6, 6.07) is 3.32. The van der Waals surface area contributed by atoms with E-state index in [1.807, 2.05) is 69.2 Å². The Morgan fingerprint density at radius 1 is 0.681 bits per heavy atom. The van der Waals surface area contributed by atoms with Crippen LogP contribution in [0.2, 0.25) is 0 Å². The van der Waals surface area contributed by atoms with E-state index in [4.69, 9.17) is 0 Å². The van der Waals surface area contributed by atoms with Crippen LogP contribution in [0.15, 0.2) is 30.4 Å². The van der Waals surface area contributed by atoms with Gasteiger partial charge in [0.2, 0.25) is 23.6 Å². The summed E-state index contributed by atoms with van der Waals surface area (Å²) in [5.74, 6) is -3.40. The molecule has 0 aliphatic carbocycles. The molecule has 7 amide bonds. The largest absolute Gasteiger partial charge is 0.359 e. The Hall–Kier alpha value is -4.55. The summed E-state index contributed by atoms with van der Waals surface area (Å²) in [6.45, 7) is 19.5. The Morgan fingerprint density at radius 2 is 1.17 bits per heavy atom. The molecule has 2 rings (SSSR count). The first-order valence-corrected chi connectivity index (χ1v) is 16.5. The van der Waals surface area contributed by atoms with E-state index in [0.717, 1.165) is 17.1 Å². The summed E-state index contributed by atoms with van der Waals surface area (Å²) in [5.41, 5.74) is 0.779. The summed E-state index contributed by atoms with van der Waals surface area (Å²) in [4.78, 5) is 85.7. The lowest BCUT2D eigenvalue weighted by Gasteiger charge is -2.18. The number of aryl methyl sites for hydroxylation is 1. The van der Waals surface area contributed by atoms with Gasteiger partial charge in [0.05, 0.1) is 12.2 Å². The lowest BCUT2D eigenvalue weighted by Crippen LogP contribution is -2.49. The van der Waals surface area contributed by atoms with Crippen molar-refractivity contribution in [3.8, 4) is 0 Å². The molecule has 1 aromatic carbocycles. The minimum atomic E-state index is -0.974. The van der Waals surface area contributed by atoms with Gasteiger partial charge in [0.1, 0.15) is 6.04 Å². The number of nitrogens with zero attached hydrogens (tertiary/aromatic N) is 1. The molecule has 0 aromatic heterocycles. The minimum absolute atomic E-state index is 0.0137. The van der Waals surface area contributed by atoms with Crippen LogP contribution in [0.3, 0.4) is 0 Å². The van der Waals surface area contributed by atoms with Crippen LogP contribution in [0.5, 0.6) is 0 Å². The van der Waals surface area contributed by atoms with Crippen LogP contribution in [-0.4, -0.2) is 75.1 Å². The lowest BCUT2D eigenvalue weighted by molar-refractivity contribution is -0.129. The first-order chi connectivity index (χ1) is 22.6. The van der Waals surface area contributed by atoms with E-state index in [1.165, 1.54) is 39.3 Å². The quantitative estimate of drug-likeness (QED) is 0.212. The standard InChI is InChI=1S/C24H30N6O7.5C2H6/c1-25-18(31)8-4-14-12-15(30-21(34)10-11-22(30)35)5-6-16(14)23(36)28-13-20(33)29-17(24(37)27-3)7-9-19(32)26-2;5*1-2/h5-6,10-12,17H,4,7-9,13H2,1-3H3,(H,25,31)(H,26,32)(H,27,37)(H,28,36)(H,29,33);5*1-2H3. The van der Waals surface area contributed by atoms with Gasteiger partial charge in [-0.1, -0.05) is 69.2 Å². The van der Waals surface area contributed by atoms with Crippen LogP contribution in [0.1, 0.15) is 104 Å². The van der Waals surface area contributed by atoms with Gasteiger partial charge in [-0.2, -0.15) is 0 Å². The summed E-state index contributed by atoms with van der Waals surface area (Å²) in [5, 5.41) is 12.3. The number of nitrogens with one attached hydrogen (secondary N) is 5. The van der Waals surface area contributed by atoms with Crippen LogP contribution >= 0.6 is 0 Å². The predicted molar refractivity (Wildman–Crippen MR) is 189 cm³/mol. The Kier molecular flexibility index (Phi) is 33.0. The molecule has 1 aliphatic rings. The van der Waals surface area contributed by atoms with Gasteiger partial charge >= 0.3 is 0 Å². The topological polar surface area (TPSA) is 183 Å². The summed E-state index contributed by atoms with van der Waals surface area (Å²) in [7, 11) is 4.32. The van der Waals surface area contributed by atoms with E-state index in [2.05, 4.69) is 26.6 Å². The summed E-state index contributed by atoms with van der Waals surface area (Å²) < 4.78 is 0. The SMILES string of the molecule is CC.CC.CC.CC.CC.CNC(=O)CCc1cc(N2C(=O)C=CC2=O)ccc1C(=O)NCC(=O)NC(CCC(=O)NC)C(=O)NC. The smallest absolute Gasteiger partial charge is 0.258 e.